The first-order valence-corrected chi connectivity index (χ1v) is 12.7. The second-order valence-electron chi connectivity index (χ2n) is 10.1. The van der Waals surface area contributed by atoms with Gasteiger partial charge in [0.2, 0.25) is 0 Å². The molecule has 3 fully saturated rings. The minimum Gasteiger partial charge on any atom is -0.361 e. The van der Waals surface area contributed by atoms with E-state index in [4.69, 9.17) is 0 Å². The van der Waals surface area contributed by atoms with Crippen molar-refractivity contribution in [1.29, 1.82) is 0 Å². The molecule has 0 spiro atoms. The van der Waals surface area contributed by atoms with Crippen LogP contribution in [0.15, 0.2) is 24.4 Å². The number of hydrogen-bond donors (Lipinski definition) is 2. The van der Waals surface area contributed by atoms with Gasteiger partial charge >= 0.3 is 0 Å². The molecule has 0 unspecified atom stereocenters. The molecule has 0 saturated carbocycles. The quantitative estimate of drug-likeness (QED) is 0.715. The lowest BCUT2D eigenvalue weighted by molar-refractivity contribution is -0.968. The molecular weight excluding hydrogens is 384 g/mol. The number of piperidine rings is 2. The average molecular weight is 424 g/mol. The lowest BCUT2D eigenvalue weighted by atomic mass is 9.95. The van der Waals surface area contributed by atoms with Gasteiger partial charge in [0.15, 0.2) is 0 Å². The number of carbonyl (C=O) groups excluding carboxylic acids is 1. The van der Waals surface area contributed by atoms with Gasteiger partial charge < -0.3 is 19.7 Å². The standard InChI is InChI=1S/C26H38N4O/c31-26(29-14-4-1-2-5-15-29)21-8-9-24-22(19-28-25(24)18-21)20-30(16-6-3-7-17-30)23-10-12-27-13-11-23/h8-9,18-19,23,27H,1-7,10-17,20H2/p+1. The van der Waals surface area contributed by atoms with Gasteiger partial charge in [-0.2, -0.15) is 0 Å². The number of quaternary nitrogens is 1. The fourth-order valence-corrected chi connectivity index (χ4v) is 6.39. The zero-order valence-corrected chi connectivity index (χ0v) is 19.0. The number of likely N-dealkylation sites (tertiary alicyclic amines) is 2. The summed E-state index contributed by atoms with van der Waals surface area (Å²) < 4.78 is 1.27. The van der Waals surface area contributed by atoms with E-state index in [1.54, 1.807) is 0 Å². The van der Waals surface area contributed by atoms with Crippen molar-refractivity contribution >= 4 is 16.8 Å². The number of aromatic nitrogens is 1. The van der Waals surface area contributed by atoms with Crippen LogP contribution >= 0.6 is 0 Å². The molecule has 5 rings (SSSR count). The first-order valence-electron chi connectivity index (χ1n) is 12.7. The third-order valence-corrected chi connectivity index (χ3v) is 8.18. The van der Waals surface area contributed by atoms with E-state index in [0.29, 0.717) is 0 Å². The zero-order valence-electron chi connectivity index (χ0n) is 19.0. The summed E-state index contributed by atoms with van der Waals surface area (Å²) in [6, 6.07) is 7.15. The SMILES string of the molecule is O=C(c1ccc2c(C[N+]3(C4CCNCC4)CCCCC3)c[nH]c2c1)N1CCCCCC1. The van der Waals surface area contributed by atoms with E-state index in [2.05, 4.69) is 39.6 Å². The smallest absolute Gasteiger partial charge is 0.253 e. The molecule has 2 N–H and O–H groups in total. The van der Waals surface area contributed by atoms with Crippen LogP contribution in [0.3, 0.4) is 0 Å². The van der Waals surface area contributed by atoms with Crippen LogP contribution in [0, 0.1) is 0 Å². The number of nitrogens with zero attached hydrogens (tertiary/aromatic N) is 2. The molecule has 3 aliphatic heterocycles. The molecule has 0 radical (unpaired) electrons. The van der Waals surface area contributed by atoms with Gasteiger partial charge in [-0.25, -0.2) is 0 Å². The van der Waals surface area contributed by atoms with Gasteiger partial charge in [-0.1, -0.05) is 18.9 Å². The minimum absolute atomic E-state index is 0.203. The van der Waals surface area contributed by atoms with Crippen molar-refractivity contribution in [2.45, 2.75) is 70.4 Å². The van der Waals surface area contributed by atoms with E-state index >= 15 is 0 Å². The van der Waals surface area contributed by atoms with Crippen LogP contribution in [-0.4, -0.2) is 65.6 Å². The topological polar surface area (TPSA) is 48.1 Å². The van der Waals surface area contributed by atoms with Crippen molar-refractivity contribution in [1.82, 2.24) is 15.2 Å². The summed E-state index contributed by atoms with van der Waals surface area (Å²) in [5, 5.41) is 4.86. The number of carbonyl (C=O) groups is 1. The maximum Gasteiger partial charge on any atom is 0.253 e. The van der Waals surface area contributed by atoms with Crippen LogP contribution in [0.1, 0.15) is 73.7 Å². The monoisotopic (exact) mass is 423 g/mol. The molecule has 0 bridgehead atoms. The molecule has 1 aromatic carbocycles. The van der Waals surface area contributed by atoms with Gasteiger partial charge in [0.05, 0.1) is 19.1 Å². The maximum atomic E-state index is 13.1. The number of benzene rings is 1. The van der Waals surface area contributed by atoms with Crippen molar-refractivity contribution < 1.29 is 9.28 Å². The molecule has 5 nitrogen and oxygen atoms in total. The molecule has 3 aliphatic rings. The Bertz CT molecular complexity index is 884. The van der Waals surface area contributed by atoms with Gasteiger partial charge in [-0.05, 0) is 44.2 Å². The van der Waals surface area contributed by atoms with Crippen LogP contribution in [0.4, 0.5) is 0 Å². The molecule has 1 aromatic heterocycles. The molecule has 4 heterocycles. The van der Waals surface area contributed by atoms with E-state index in [1.165, 1.54) is 86.6 Å². The van der Waals surface area contributed by atoms with E-state index in [0.717, 1.165) is 49.6 Å². The van der Waals surface area contributed by atoms with Gasteiger partial charge in [-0.3, -0.25) is 4.79 Å². The normalized spacial score (nSPS) is 23.0. The summed E-state index contributed by atoms with van der Waals surface area (Å²) in [5.41, 5.74) is 3.39. The summed E-state index contributed by atoms with van der Waals surface area (Å²) in [7, 11) is 0. The number of fused-ring (bicyclic) bond motifs is 1. The Morgan fingerprint density at radius 2 is 1.68 bits per heavy atom. The Hall–Kier alpha value is -1.85. The molecule has 1 amide bonds. The Morgan fingerprint density at radius 3 is 2.42 bits per heavy atom. The van der Waals surface area contributed by atoms with Gasteiger partial charge in [0.1, 0.15) is 6.54 Å². The van der Waals surface area contributed by atoms with Crippen LogP contribution in [0.5, 0.6) is 0 Å². The number of aromatic amines is 1. The second kappa shape index (κ2) is 9.33. The third kappa shape index (κ3) is 4.40. The predicted molar refractivity (Wildman–Crippen MR) is 126 cm³/mol. The molecule has 0 atom stereocenters. The minimum atomic E-state index is 0.203. The fraction of sp³-hybridized carbons (Fsp3) is 0.654. The largest absolute Gasteiger partial charge is 0.361 e. The Morgan fingerprint density at radius 1 is 0.968 bits per heavy atom. The van der Waals surface area contributed by atoms with Gasteiger partial charge in [0.25, 0.3) is 5.91 Å². The molecular formula is C26H39N4O+. The molecule has 168 valence electrons. The molecule has 2 aromatic rings. The highest BCUT2D eigenvalue weighted by Gasteiger charge is 2.39. The van der Waals surface area contributed by atoms with E-state index in [9.17, 15) is 4.79 Å². The summed E-state index contributed by atoms with van der Waals surface area (Å²) in [5.74, 6) is 0.203. The lowest BCUT2D eigenvalue weighted by Crippen LogP contribution is -2.59. The molecule has 3 saturated heterocycles. The Kier molecular flexibility index (Phi) is 6.33. The Labute approximate surface area is 186 Å². The van der Waals surface area contributed by atoms with Crippen molar-refractivity contribution in [3.05, 3.63) is 35.5 Å². The highest BCUT2D eigenvalue weighted by molar-refractivity contribution is 5.98. The first-order chi connectivity index (χ1) is 15.3. The third-order valence-electron chi connectivity index (χ3n) is 8.18. The number of H-pyrrole nitrogens is 1. The maximum absolute atomic E-state index is 13.1. The summed E-state index contributed by atoms with van der Waals surface area (Å²) >= 11 is 0. The van der Waals surface area contributed by atoms with Crippen LogP contribution in [-0.2, 0) is 6.54 Å². The van der Waals surface area contributed by atoms with E-state index in [-0.39, 0.29) is 5.91 Å². The molecule has 0 aliphatic carbocycles. The predicted octanol–water partition coefficient (Wildman–Crippen LogP) is 4.44. The molecule has 31 heavy (non-hydrogen) atoms. The van der Waals surface area contributed by atoms with Gasteiger partial charge in [0, 0.05) is 67.2 Å². The van der Waals surface area contributed by atoms with Crippen LogP contribution in [0.25, 0.3) is 10.9 Å². The van der Waals surface area contributed by atoms with Gasteiger partial charge in [-0.15, -0.1) is 0 Å². The average Bonchev–Trinajstić information content (AvgIpc) is 3.03. The van der Waals surface area contributed by atoms with E-state index < -0.39 is 0 Å². The van der Waals surface area contributed by atoms with Crippen molar-refractivity contribution in [2.24, 2.45) is 0 Å². The highest BCUT2D eigenvalue weighted by atomic mass is 16.2. The summed E-state index contributed by atoms with van der Waals surface area (Å²) in [6.45, 7) is 7.92. The number of rotatable bonds is 4. The second-order valence-corrected chi connectivity index (χ2v) is 10.1. The Balaban J connectivity index is 1.38. The van der Waals surface area contributed by atoms with Crippen LogP contribution < -0.4 is 5.32 Å². The lowest BCUT2D eigenvalue weighted by Gasteiger charge is -2.48. The zero-order chi connectivity index (χ0) is 21.1. The number of hydrogen-bond acceptors (Lipinski definition) is 2. The first kappa shape index (κ1) is 21.0. The molecule has 5 heteroatoms. The number of nitrogens with one attached hydrogen (secondary N) is 2. The number of amides is 1. The van der Waals surface area contributed by atoms with Crippen molar-refractivity contribution in [2.75, 3.05) is 39.3 Å². The van der Waals surface area contributed by atoms with Crippen LogP contribution in [0.2, 0.25) is 0 Å². The van der Waals surface area contributed by atoms with Crippen molar-refractivity contribution in [3.8, 4) is 0 Å². The summed E-state index contributed by atoms with van der Waals surface area (Å²) in [6.07, 6.45) is 13.7. The summed E-state index contributed by atoms with van der Waals surface area (Å²) in [4.78, 5) is 18.7. The highest BCUT2D eigenvalue weighted by Crippen LogP contribution is 2.33. The van der Waals surface area contributed by atoms with Crippen molar-refractivity contribution in [3.63, 3.8) is 0 Å². The fourth-order valence-electron chi connectivity index (χ4n) is 6.39. The van der Waals surface area contributed by atoms with E-state index in [1.807, 2.05) is 0 Å².